The monoisotopic (exact) mass is 244 g/mol. The minimum Gasteiger partial charge on any atom is -0.461 e. The van der Waals surface area contributed by atoms with E-state index in [4.69, 9.17) is 5.26 Å². The largest absolute Gasteiger partial charge is 0.461 e. The lowest BCUT2D eigenvalue weighted by Gasteiger charge is -2.08. The summed E-state index contributed by atoms with van der Waals surface area (Å²) in [5.41, 5.74) is -2.53. The molecule has 0 amide bonds. The Kier molecular flexibility index (Phi) is 4.04. The number of aromatic nitrogens is 1. The molecule has 1 aromatic rings. The standard InChI is InChI=1S/C10H7F3N2O2/c1-2-17-10(16)8-5(3-14)7(9(12)13)6(11)4-15-8/h4,9H,2H2,1H3. The first-order chi connectivity index (χ1) is 8.02. The summed E-state index contributed by atoms with van der Waals surface area (Å²) in [6.07, 6.45) is -2.74. The molecule has 7 heteroatoms. The Morgan fingerprint density at radius 1 is 1.65 bits per heavy atom. The molecule has 1 rings (SSSR count). The molecule has 0 atom stereocenters. The third kappa shape index (κ3) is 2.53. The number of halogens is 3. The smallest absolute Gasteiger partial charge is 0.358 e. The third-order valence-electron chi connectivity index (χ3n) is 1.87. The van der Waals surface area contributed by atoms with Crippen LogP contribution in [0.3, 0.4) is 0 Å². The first kappa shape index (κ1) is 13.0. The van der Waals surface area contributed by atoms with E-state index in [0.29, 0.717) is 6.20 Å². The van der Waals surface area contributed by atoms with E-state index in [9.17, 15) is 18.0 Å². The Morgan fingerprint density at radius 3 is 2.76 bits per heavy atom. The molecule has 1 heterocycles. The minimum atomic E-state index is -3.21. The van der Waals surface area contributed by atoms with Crippen LogP contribution >= 0.6 is 0 Å². The Balaban J connectivity index is 3.39. The van der Waals surface area contributed by atoms with Crippen molar-refractivity contribution in [2.24, 2.45) is 0 Å². The number of carbonyl (C=O) groups is 1. The molecule has 0 saturated carbocycles. The second-order valence-corrected chi connectivity index (χ2v) is 2.88. The van der Waals surface area contributed by atoms with Gasteiger partial charge in [-0.15, -0.1) is 0 Å². The van der Waals surface area contributed by atoms with Gasteiger partial charge in [0.1, 0.15) is 6.07 Å². The number of hydrogen-bond donors (Lipinski definition) is 0. The predicted octanol–water partition coefficient (Wildman–Crippen LogP) is 2.21. The van der Waals surface area contributed by atoms with Crippen LogP contribution in [0.15, 0.2) is 6.20 Å². The van der Waals surface area contributed by atoms with Gasteiger partial charge in [0.15, 0.2) is 11.5 Å². The molecular formula is C10H7F3N2O2. The molecule has 0 aliphatic rings. The van der Waals surface area contributed by atoms with E-state index < -0.39 is 35.0 Å². The van der Waals surface area contributed by atoms with Crippen molar-refractivity contribution >= 4 is 5.97 Å². The van der Waals surface area contributed by atoms with Gasteiger partial charge in [-0.25, -0.2) is 22.9 Å². The molecule has 4 nitrogen and oxygen atoms in total. The van der Waals surface area contributed by atoms with E-state index in [1.807, 2.05) is 0 Å². The summed E-state index contributed by atoms with van der Waals surface area (Å²) in [6, 6.07) is 1.34. The number of hydrogen-bond acceptors (Lipinski definition) is 4. The molecular weight excluding hydrogens is 237 g/mol. The molecule has 0 radical (unpaired) electrons. The van der Waals surface area contributed by atoms with Gasteiger partial charge < -0.3 is 4.74 Å². The summed E-state index contributed by atoms with van der Waals surface area (Å²) in [5.74, 6) is -2.37. The van der Waals surface area contributed by atoms with Crippen molar-refractivity contribution in [3.8, 4) is 6.07 Å². The molecule has 0 aliphatic carbocycles. The zero-order valence-electron chi connectivity index (χ0n) is 8.71. The van der Waals surface area contributed by atoms with Gasteiger partial charge in [-0.05, 0) is 6.92 Å². The predicted molar refractivity (Wildman–Crippen MR) is 49.8 cm³/mol. The highest BCUT2D eigenvalue weighted by Crippen LogP contribution is 2.27. The van der Waals surface area contributed by atoms with Crippen molar-refractivity contribution in [2.75, 3.05) is 6.61 Å². The van der Waals surface area contributed by atoms with Crippen molar-refractivity contribution in [3.63, 3.8) is 0 Å². The number of nitrogens with zero attached hydrogens (tertiary/aromatic N) is 2. The van der Waals surface area contributed by atoms with Gasteiger partial charge in [-0.3, -0.25) is 0 Å². The van der Waals surface area contributed by atoms with Crippen molar-refractivity contribution in [1.82, 2.24) is 4.98 Å². The van der Waals surface area contributed by atoms with E-state index in [1.165, 1.54) is 13.0 Å². The fourth-order valence-corrected chi connectivity index (χ4v) is 1.18. The number of rotatable bonds is 3. The maximum atomic E-state index is 13.1. The summed E-state index contributed by atoms with van der Waals surface area (Å²) in [5, 5.41) is 8.69. The van der Waals surface area contributed by atoms with Crippen LogP contribution < -0.4 is 0 Å². The second-order valence-electron chi connectivity index (χ2n) is 2.88. The zero-order valence-corrected chi connectivity index (χ0v) is 8.71. The summed E-state index contributed by atoms with van der Waals surface area (Å²) < 4.78 is 42.7. The Labute approximate surface area is 94.6 Å². The highest BCUT2D eigenvalue weighted by molar-refractivity contribution is 5.90. The van der Waals surface area contributed by atoms with Gasteiger partial charge in [0.2, 0.25) is 0 Å². The molecule has 90 valence electrons. The number of ether oxygens (including phenoxy) is 1. The minimum absolute atomic E-state index is 0.00717. The summed E-state index contributed by atoms with van der Waals surface area (Å²) in [7, 11) is 0. The Morgan fingerprint density at radius 2 is 2.29 bits per heavy atom. The first-order valence-electron chi connectivity index (χ1n) is 4.56. The molecule has 0 spiro atoms. The quantitative estimate of drug-likeness (QED) is 0.764. The van der Waals surface area contributed by atoms with Gasteiger partial charge >= 0.3 is 5.97 Å². The van der Waals surface area contributed by atoms with Crippen LogP contribution in [-0.2, 0) is 4.74 Å². The van der Waals surface area contributed by atoms with E-state index in [1.54, 1.807) is 0 Å². The second kappa shape index (κ2) is 5.30. The average molecular weight is 244 g/mol. The lowest BCUT2D eigenvalue weighted by Crippen LogP contribution is -2.12. The van der Waals surface area contributed by atoms with Crippen molar-refractivity contribution < 1.29 is 22.7 Å². The third-order valence-corrected chi connectivity index (χ3v) is 1.87. The van der Waals surface area contributed by atoms with Gasteiger partial charge in [-0.2, -0.15) is 5.26 Å². The maximum Gasteiger partial charge on any atom is 0.358 e. The molecule has 0 unspecified atom stereocenters. The van der Waals surface area contributed by atoms with E-state index in [-0.39, 0.29) is 6.61 Å². The highest BCUT2D eigenvalue weighted by atomic mass is 19.3. The summed E-state index contributed by atoms with van der Waals surface area (Å²) >= 11 is 0. The SMILES string of the molecule is CCOC(=O)c1ncc(F)c(C(F)F)c1C#N. The number of carbonyl (C=O) groups excluding carboxylic acids is 1. The Hall–Kier alpha value is -2.10. The zero-order chi connectivity index (χ0) is 13.0. The van der Waals surface area contributed by atoms with Crippen molar-refractivity contribution in [2.45, 2.75) is 13.3 Å². The lowest BCUT2D eigenvalue weighted by atomic mass is 10.1. The Bertz CT molecular complexity index is 483. The van der Waals surface area contributed by atoms with Gasteiger partial charge in [0, 0.05) is 0 Å². The van der Waals surface area contributed by atoms with Crippen LogP contribution in [0.5, 0.6) is 0 Å². The van der Waals surface area contributed by atoms with Crippen molar-refractivity contribution in [3.05, 3.63) is 28.8 Å². The van der Waals surface area contributed by atoms with Crippen LogP contribution in [0.1, 0.15) is 35.0 Å². The number of pyridine rings is 1. The molecule has 17 heavy (non-hydrogen) atoms. The molecule has 0 fully saturated rings. The molecule has 1 aromatic heterocycles. The van der Waals surface area contributed by atoms with Gasteiger partial charge in [-0.1, -0.05) is 0 Å². The van der Waals surface area contributed by atoms with Crippen LogP contribution in [0.25, 0.3) is 0 Å². The van der Waals surface area contributed by atoms with Gasteiger partial charge in [0.05, 0.1) is 23.9 Å². The summed E-state index contributed by atoms with van der Waals surface area (Å²) in [4.78, 5) is 14.6. The molecule has 0 saturated heterocycles. The maximum absolute atomic E-state index is 13.1. The van der Waals surface area contributed by atoms with E-state index in [0.717, 1.165) is 0 Å². The topological polar surface area (TPSA) is 63.0 Å². The van der Waals surface area contributed by atoms with E-state index >= 15 is 0 Å². The average Bonchev–Trinajstić information content (AvgIpc) is 2.27. The fourth-order valence-electron chi connectivity index (χ4n) is 1.18. The van der Waals surface area contributed by atoms with Gasteiger partial charge in [0.25, 0.3) is 6.43 Å². The lowest BCUT2D eigenvalue weighted by molar-refractivity contribution is 0.0518. The van der Waals surface area contributed by atoms with E-state index in [2.05, 4.69) is 9.72 Å². The van der Waals surface area contributed by atoms with Crippen LogP contribution in [0, 0.1) is 17.1 Å². The molecule has 0 N–H and O–H groups in total. The number of esters is 1. The molecule has 0 bridgehead atoms. The molecule has 0 aromatic carbocycles. The van der Waals surface area contributed by atoms with Crippen LogP contribution in [0.4, 0.5) is 13.2 Å². The summed E-state index contributed by atoms with van der Waals surface area (Å²) in [6.45, 7) is 1.49. The first-order valence-corrected chi connectivity index (χ1v) is 4.56. The normalized spacial score (nSPS) is 10.1. The molecule has 0 aliphatic heterocycles. The van der Waals surface area contributed by atoms with Crippen LogP contribution in [-0.4, -0.2) is 17.6 Å². The fraction of sp³-hybridized carbons (Fsp3) is 0.300. The highest BCUT2D eigenvalue weighted by Gasteiger charge is 2.26. The number of alkyl halides is 2. The van der Waals surface area contributed by atoms with Crippen molar-refractivity contribution in [1.29, 1.82) is 5.26 Å². The van der Waals surface area contributed by atoms with Crippen LogP contribution in [0.2, 0.25) is 0 Å². The number of nitriles is 1.